The van der Waals surface area contributed by atoms with Gasteiger partial charge in [-0.15, -0.1) is 0 Å². The number of carbonyl (C=O) groups is 1. The Kier molecular flexibility index (Phi) is 4.53. The number of nitrogens with one attached hydrogen (secondary N) is 1. The highest BCUT2D eigenvalue weighted by Crippen LogP contribution is 2.42. The zero-order chi connectivity index (χ0) is 19.0. The van der Waals surface area contributed by atoms with E-state index in [2.05, 4.69) is 10.3 Å². The summed E-state index contributed by atoms with van der Waals surface area (Å²) in [5, 5.41) is 12.6. The Labute approximate surface area is 154 Å². The summed E-state index contributed by atoms with van der Waals surface area (Å²) >= 11 is 0. The number of hydrogen-bond acceptors (Lipinski definition) is 5. The molecule has 2 heterocycles. The third-order valence-corrected chi connectivity index (χ3v) is 5.13. The molecule has 0 radical (unpaired) electrons. The van der Waals surface area contributed by atoms with Gasteiger partial charge < -0.3 is 15.2 Å². The minimum atomic E-state index is -0.824. The van der Waals surface area contributed by atoms with Gasteiger partial charge in [0.05, 0.1) is 19.3 Å². The van der Waals surface area contributed by atoms with E-state index in [1.807, 2.05) is 0 Å². The van der Waals surface area contributed by atoms with Crippen LogP contribution in [0.2, 0.25) is 0 Å². The average Bonchev–Trinajstić information content (AvgIpc) is 3.02. The van der Waals surface area contributed by atoms with Gasteiger partial charge in [-0.3, -0.25) is 14.2 Å². The SMILES string of the molecule is O=C(NCc1cccc(F)c1)c1cc(=O)n2c(n1)C1(CCC(O)C1)OCC2. The normalized spacial score (nSPS) is 24.0. The van der Waals surface area contributed by atoms with E-state index in [9.17, 15) is 19.1 Å². The van der Waals surface area contributed by atoms with Gasteiger partial charge in [-0.25, -0.2) is 9.37 Å². The summed E-state index contributed by atoms with van der Waals surface area (Å²) in [4.78, 5) is 29.4. The largest absolute Gasteiger partial charge is 0.393 e. The van der Waals surface area contributed by atoms with Crippen molar-refractivity contribution in [2.45, 2.75) is 44.1 Å². The number of benzene rings is 1. The molecule has 1 spiro atoms. The fraction of sp³-hybridized carbons (Fsp3) is 0.421. The fourth-order valence-electron chi connectivity index (χ4n) is 3.82. The standard InChI is InChI=1S/C19H20FN3O4/c20-13-3-1-2-12(8-13)11-21-17(26)15-9-16(25)23-6-7-27-19(18(23)22-15)5-4-14(24)10-19/h1-3,8-9,14,24H,4-7,10-11H2,(H,21,26). The summed E-state index contributed by atoms with van der Waals surface area (Å²) in [6, 6.07) is 7.12. The Morgan fingerprint density at radius 1 is 1.44 bits per heavy atom. The van der Waals surface area contributed by atoms with Crippen molar-refractivity contribution in [3.8, 4) is 0 Å². The molecule has 1 saturated carbocycles. The van der Waals surface area contributed by atoms with Gasteiger partial charge in [-0.05, 0) is 30.5 Å². The first-order valence-electron chi connectivity index (χ1n) is 8.94. The Bertz CT molecular complexity index is 945. The van der Waals surface area contributed by atoms with Crippen LogP contribution >= 0.6 is 0 Å². The summed E-state index contributed by atoms with van der Waals surface area (Å²) in [5.41, 5.74) is -0.541. The predicted molar refractivity (Wildman–Crippen MR) is 93.6 cm³/mol. The van der Waals surface area contributed by atoms with Gasteiger partial charge in [-0.1, -0.05) is 12.1 Å². The van der Waals surface area contributed by atoms with Crippen LogP contribution < -0.4 is 10.9 Å². The van der Waals surface area contributed by atoms with Crippen LogP contribution in [0, 0.1) is 5.82 Å². The Hall–Kier alpha value is -2.58. The minimum absolute atomic E-state index is 0.00563. The summed E-state index contributed by atoms with van der Waals surface area (Å²) in [7, 11) is 0. The van der Waals surface area contributed by atoms with Crippen molar-refractivity contribution >= 4 is 5.91 Å². The van der Waals surface area contributed by atoms with Crippen molar-refractivity contribution in [1.82, 2.24) is 14.9 Å². The highest BCUT2D eigenvalue weighted by Gasteiger charge is 2.46. The predicted octanol–water partition coefficient (Wildman–Crippen LogP) is 1.08. The van der Waals surface area contributed by atoms with Gasteiger partial charge in [0.25, 0.3) is 11.5 Å². The lowest BCUT2D eigenvalue weighted by molar-refractivity contribution is -0.0847. The summed E-state index contributed by atoms with van der Waals surface area (Å²) in [6.45, 7) is 0.855. The number of fused-ring (bicyclic) bond motifs is 2. The van der Waals surface area contributed by atoms with Crippen LogP contribution in [0.3, 0.4) is 0 Å². The Balaban J connectivity index is 1.61. The van der Waals surface area contributed by atoms with E-state index >= 15 is 0 Å². The smallest absolute Gasteiger partial charge is 0.270 e. The zero-order valence-electron chi connectivity index (χ0n) is 14.7. The van der Waals surface area contributed by atoms with Gasteiger partial charge in [-0.2, -0.15) is 0 Å². The van der Waals surface area contributed by atoms with E-state index < -0.39 is 17.6 Å². The molecule has 1 aromatic heterocycles. The number of nitrogens with zero attached hydrogens (tertiary/aromatic N) is 2. The van der Waals surface area contributed by atoms with Crippen LogP contribution in [0.1, 0.15) is 41.1 Å². The molecule has 2 atom stereocenters. The van der Waals surface area contributed by atoms with Crippen molar-refractivity contribution in [1.29, 1.82) is 0 Å². The fourth-order valence-corrected chi connectivity index (χ4v) is 3.82. The lowest BCUT2D eigenvalue weighted by Gasteiger charge is -2.35. The number of amides is 1. The Morgan fingerprint density at radius 3 is 3.04 bits per heavy atom. The number of ether oxygens (including phenoxy) is 1. The molecule has 1 aliphatic carbocycles. The number of aromatic nitrogens is 2. The molecule has 1 aromatic carbocycles. The van der Waals surface area contributed by atoms with E-state index in [1.165, 1.54) is 22.8 Å². The first kappa shape index (κ1) is 17.8. The number of carbonyl (C=O) groups excluding carboxylic acids is 1. The van der Waals surface area contributed by atoms with E-state index in [-0.39, 0.29) is 23.6 Å². The van der Waals surface area contributed by atoms with Crippen molar-refractivity contribution in [2.75, 3.05) is 6.61 Å². The molecule has 2 aliphatic rings. The molecule has 8 heteroatoms. The van der Waals surface area contributed by atoms with E-state index in [1.54, 1.807) is 12.1 Å². The van der Waals surface area contributed by atoms with Gasteiger partial charge >= 0.3 is 0 Å². The topological polar surface area (TPSA) is 93.5 Å². The van der Waals surface area contributed by atoms with Crippen molar-refractivity contribution < 1.29 is 19.0 Å². The molecule has 2 unspecified atom stereocenters. The van der Waals surface area contributed by atoms with Crippen LogP contribution in [0.15, 0.2) is 35.1 Å². The minimum Gasteiger partial charge on any atom is -0.393 e. The van der Waals surface area contributed by atoms with Crippen molar-refractivity contribution in [3.05, 3.63) is 63.6 Å². The van der Waals surface area contributed by atoms with Gasteiger partial charge in [0.1, 0.15) is 22.9 Å². The third kappa shape index (κ3) is 3.38. The quantitative estimate of drug-likeness (QED) is 0.840. The Morgan fingerprint density at radius 2 is 2.30 bits per heavy atom. The molecular weight excluding hydrogens is 353 g/mol. The highest BCUT2D eigenvalue weighted by atomic mass is 19.1. The maximum Gasteiger partial charge on any atom is 0.270 e. The molecule has 0 saturated heterocycles. The van der Waals surface area contributed by atoms with Gasteiger partial charge in [0.15, 0.2) is 0 Å². The van der Waals surface area contributed by atoms with Crippen LogP contribution in [0.25, 0.3) is 0 Å². The molecular formula is C19H20FN3O4. The van der Waals surface area contributed by atoms with E-state index in [0.29, 0.717) is 43.8 Å². The van der Waals surface area contributed by atoms with Crippen molar-refractivity contribution in [3.63, 3.8) is 0 Å². The summed E-state index contributed by atoms with van der Waals surface area (Å²) < 4.78 is 20.7. The van der Waals surface area contributed by atoms with Crippen LogP contribution in [-0.4, -0.2) is 33.3 Å². The second-order valence-electron chi connectivity index (χ2n) is 7.01. The molecule has 27 heavy (non-hydrogen) atoms. The lowest BCUT2D eigenvalue weighted by atomic mass is 9.98. The van der Waals surface area contributed by atoms with Crippen LogP contribution in [-0.2, 0) is 23.4 Å². The second kappa shape index (κ2) is 6.86. The van der Waals surface area contributed by atoms with Crippen LogP contribution in [0.4, 0.5) is 4.39 Å². The number of halogens is 1. The van der Waals surface area contributed by atoms with Gasteiger partial charge in [0.2, 0.25) is 0 Å². The molecule has 0 bridgehead atoms. The van der Waals surface area contributed by atoms with Crippen LogP contribution in [0.5, 0.6) is 0 Å². The first-order valence-corrected chi connectivity index (χ1v) is 8.94. The molecule has 7 nitrogen and oxygen atoms in total. The molecule has 142 valence electrons. The monoisotopic (exact) mass is 373 g/mol. The molecule has 4 rings (SSSR count). The second-order valence-corrected chi connectivity index (χ2v) is 7.01. The number of aliphatic hydroxyl groups excluding tert-OH is 1. The molecule has 2 aromatic rings. The third-order valence-electron chi connectivity index (χ3n) is 5.13. The average molecular weight is 373 g/mol. The summed E-state index contributed by atoms with van der Waals surface area (Å²) in [6.07, 6.45) is 0.952. The number of aliphatic hydroxyl groups is 1. The zero-order valence-corrected chi connectivity index (χ0v) is 14.7. The van der Waals surface area contributed by atoms with E-state index in [4.69, 9.17) is 4.74 Å². The number of hydrogen-bond donors (Lipinski definition) is 2. The highest BCUT2D eigenvalue weighted by molar-refractivity contribution is 5.92. The molecule has 1 fully saturated rings. The summed E-state index contributed by atoms with van der Waals surface area (Å²) in [5.74, 6) is -0.501. The van der Waals surface area contributed by atoms with E-state index in [0.717, 1.165) is 0 Å². The van der Waals surface area contributed by atoms with Crippen molar-refractivity contribution in [2.24, 2.45) is 0 Å². The number of rotatable bonds is 3. The first-order chi connectivity index (χ1) is 13.0. The maximum absolute atomic E-state index is 13.3. The van der Waals surface area contributed by atoms with Gasteiger partial charge in [0, 0.05) is 19.0 Å². The molecule has 1 aliphatic heterocycles. The lowest BCUT2D eigenvalue weighted by Crippen LogP contribution is -2.44. The molecule has 2 N–H and O–H groups in total. The molecule has 1 amide bonds. The maximum atomic E-state index is 13.3.